The van der Waals surface area contributed by atoms with Gasteiger partial charge in [-0.25, -0.2) is 9.97 Å². The van der Waals surface area contributed by atoms with Gasteiger partial charge in [0, 0.05) is 32.0 Å². The Hall–Kier alpha value is -3.46. The van der Waals surface area contributed by atoms with E-state index >= 15 is 0 Å². The Labute approximate surface area is 168 Å². The van der Waals surface area contributed by atoms with Crippen LogP contribution in [0.2, 0.25) is 0 Å². The molecule has 0 spiro atoms. The van der Waals surface area contributed by atoms with Crippen molar-refractivity contribution in [2.45, 2.75) is 13.5 Å². The molecule has 0 bridgehead atoms. The van der Waals surface area contributed by atoms with Gasteiger partial charge in [-0.2, -0.15) is 0 Å². The number of hydrogen-bond donors (Lipinski definition) is 2. The van der Waals surface area contributed by atoms with Gasteiger partial charge in [0.1, 0.15) is 11.4 Å². The largest absolute Gasteiger partial charge is 0.497 e. The molecule has 3 rings (SSSR count). The number of hydrogen-bond acceptors (Lipinski definition) is 8. The normalized spacial score (nSPS) is 10.6. The van der Waals surface area contributed by atoms with Crippen molar-refractivity contribution in [2.75, 3.05) is 32.7 Å². The Balaban J connectivity index is 1.65. The van der Waals surface area contributed by atoms with E-state index in [-0.39, 0.29) is 11.7 Å². The fourth-order valence-electron chi connectivity index (χ4n) is 2.56. The first-order chi connectivity index (χ1) is 14.1. The highest BCUT2D eigenvalue weighted by Gasteiger charge is 2.15. The molecule has 2 aromatic heterocycles. The summed E-state index contributed by atoms with van der Waals surface area (Å²) < 4.78 is 15.3. The van der Waals surface area contributed by atoms with Crippen LogP contribution in [0.1, 0.15) is 21.8 Å². The number of benzene rings is 1. The first kappa shape index (κ1) is 20.3. The van der Waals surface area contributed by atoms with Gasteiger partial charge in [-0.1, -0.05) is 17.3 Å². The number of nitrogens with zero attached hydrogens (tertiary/aromatic N) is 3. The van der Waals surface area contributed by atoms with Crippen LogP contribution in [0.15, 0.2) is 40.9 Å². The van der Waals surface area contributed by atoms with E-state index in [1.165, 1.54) is 0 Å². The molecule has 0 aliphatic carbocycles. The zero-order valence-corrected chi connectivity index (χ0v) is 16.6. The molecule has 0 fully saturated rings. The van der Waals surface area contributed by atoms with Crippen molar-refractivity contribution in [3.05, 3.63) is 53.4 Å². The number of amides is 1. The Kier molecular flexibility index (Phi) is 6.75. The SMILES string of the molecule is COCCNc1nc(C)cc(-c2cc(C(=O)NCc3ccc(OC)cc3)on2)n1. The van der Waals surface area contributed by atoms with Gasteiger partial charge in [-0.05, 0) is 30.7 Å². The van der Waals surface area contributed by atoms with Crippen molar-refractivity contribution in [3.8, 4) is 17.1 Å². The minimum absolute atomic E-state index is 0.110. The molecule has 2 N–H and O–H groups in total. The third kappa shape index (κ3) is 5.52. The maximum absolute atomic E-state index is 12.4. The quantitative estimate of drug-likeness (QED) is 0.530. The molecule has 9 nitrogen and oxygen atoms in total. The standard InChI is InChI=1S/C20H23N5O4/c1-13-10-16(24-20(23-13)21-8-9-27-2)17-11-18(29-25-17)19(26)22-12-14-4-6-15(28-3)7-5-14/h4-7,10-11H,8-9,12H2,1-3H3,(H,22,26)(H,21,23,24). The fourth-order valence-corrected chi connectivity index (χ4v) is 2.56. The lowest BCUT2D eigenvalue weighted by molar-refractivity contribution is 0.0914. The first-order valence-electron chi connectivity index (χ1n) is 9.05. The number of carbonyl (C=O) groups excluding carboxylic acids is 1. The number of nitrogens with one attached hydrogen (secondary N) is 2. The second-order valence-corrected chi connectivity index (χ2v) is 6.24. The van der Waals surface area contributed by atoms with Crippen LogP contribution in [0, 0.1) is 6.92 Å². The molecule has 0 aliphatic rings. The van der Waals surface area contributed by atoms with Crippen LogP contribution in [0.5, 0.6) is 5.75 Å². The van der Waals surface area contributed by atoms with Crippen molar-refractivity contribution >= 4 is 11.9 Å². The molecule has 2 heterocycles. The van der Waals surface area contributed by atoms with Gasteiger partial charge < -0.3 is 24.6 Å². The van der Waals surface area contributed by atoms with Gasteiger partial charge in [0.05, 0.1) is 19.4 Å². The predicted molar refractivity (Wildman–Crippen MR) is 107 cm³/mol. The summed E-state index contributed by atoms with van der Waals surface area (Å²) in [6, 6.07) is 10.8. The maximum Gasteiger partial charge on any atom is 0.290 e. The lowest BCUT2D eigenvalue weighted by atomic mass is 10.2. The summed E-state index contributed by atoms with van der Waals surface area (Å²) in [5.74, 6) is 0.976. The number of aromatic nitrogens is 3. The van der Waals surface area contributed by atoms with Crippen molar-refractivity contribution in [2.24, 2.45) is 0 Å². The highest BCUT2D eigenvalue weighted by Crippen LogP contribution is 2.19. The molecular weight excluding hydrogens is 374 g/mol. The van der Waals surface area contributed by atoms with Crippen LogP contribution in [0.25, 0.3) is 11.4 Å². The third-order valence-electron chi connectivity index (χ3n) is 4.05. The molecule has 9 heteroatoms. The van der Waals surface area contributed by atoms with E-state index in [4.69, 9.17) is 14.0 Å². The molecule has 1 amide bonds. The molecule has 0 saturated carbocycles. The van der Waals surface area contributed by atoms with Gasteiger partial charge in [-0.3, -0.25) is 4.79 Å². The number of ether oxygens (including phenoxy) is 2. The fraction of sp³-hybridized carbons (Fsp3) is 0.300. The molecule has 1 aromatic carbocycles. The number of anilines is 1. The monoisotopic (exact) mass is 397 g/mol. The molecule has 0 saturated heterocycles. The highest BCUT2D eigenvalue weighted by atomic mass is 16.5. The second-order valence-electron chi connectivity index (χ2n) is 6.24. The second kappa shape index (κ2) is 9.65. The molecule has 3 aromatic rings. The molecule has 0 aliphatic heterocycles. The average molecular weight is 397 g/mol. The Morgan fingerprint density at radius 2 is 1.90 bits per heavy atom. The van der Waals surface area contributed by atoms with E-state index in [1.54, 1.807) is 26.4 Å². The Morgan fingerprint density at radius 1 is 1.10 bits per heavy atom. The van der Waals surface area contributed by atoms with Crippen LogP contribution in [0.3, 0.4) is 0 Å². The van der Waals surface area contributed by atoms with E-state index in [2.05, 4.69) is 25.8 Å². The average Bonchev–Trinajstić information content (AvgIpc) is 3.23. The summed E-state index contributed by atoms with van der Waals surface area (Å²) >= 11 is 0. The highest BCUT2D eigenvalue weighted by molar-refractivity contribution is 5.92. The van der Waals surface area contributed by atoms with Crippen molar-refractivity contribution in [1.29, 1.82) is 0 Å². The van der Waals surface area contributed by atoms with Gasteiger partial charge >= 0.3 is 0 Å². The summed E-state index contributed by atoms with van der Waals surface area (Å²) in [4.78, 5) is 21.1. The van der Waals surface area contributed by atoms with Gasteiger partial charge in [0.15, 0.2) is 0 Å². The number of rotatable bonds is 9. The van der Waals surface area contributed by atoms with Gasteiger partial charge in [0.25, 0.3) is 5.91 Å². The zero-order chi connectivity index (χ0) is 20.6. The molecule has 152 valence electrons. The maximum atomic E-state index is 12.4. The molecule has 0 atom stereocenters. The molecule has 29 heavy (non-hydrogen) atoms. The van der Waals surface area contributed by atoms with Crippen LogP contribution >= 0.6 is 0 Å². The van der Waals surface area contributed by atoms with E-state index in [0.29, 0.717) is 37.0 Å². The lowest BCUT2D eigenvalue weighted by Crippen LogP contribution is -2.22. The Morgan fingerprint density at radius 3 is 2.62 bits per heavy atom. The summed E-state index contributed by atoms with van der Waals surface area (Å²) in [6.07, 6.45) is 0. The summed E-state index contributed by atoms with van der Waals surface area (Å²) in [7, 11) is 3.23. The van der Waals surface area contributed by atoms with Crippen LogP contribution in [0.4, 0.5) is 5.95 Å². The van der Waals surface area contributed by atoms with Crippen molar-refractivity contribution in [3.63, 3.8) is 0 Å². The zero-order valence-electron chi connectivity index (χ0n) is 16.6. The summed E-state index contributed by atoms with van der Waals surface area (Å²) in [5, 5.41) is 9.85. The minimum atomic E-state index is -0.358. The van der Waals surface area contributed by atoms with Crippen LogP contribution in [-0.4, -0.2) is 48.4 Å². The summed E-state index contributed by atoms with van der Waals surface area (Å²) in [6.45, 7) is 3.33. The van der Waals surface area contributed by atoms with E-state index in [1.807, 2.05) is 31.2 Å². The van der Waals surface area contributed by atoms with Crippen LogP contribution in [-0.2, 0) is 11.3 Å². The van der Waals surface area contributed by atoms with Crippen molar-refractivity contribution in [1.82, 2.24) is 20.4 Å². The van der Waals surface area contributed by atoms with Crippen molar-refractivity contribution < 1.29 is 18.8 Å². The first-order valence-corrected chi connectivity index (χ1v) is 9.05. The molecule has 0 radical (unpaired) electrons. The topological polar surface area (TPSA) is 111 Å². The van der Waals surface area contributed by atoms with E-state index < -0.39 is 0 Å². The third-order valence-corrected chi connectivity index (χ3v) is 4.05. The van der Waals surface area contributed by atoms with E-state index in [0.717, 1.165) is 17.0 Å². The number of carbonyl (C=O) groups is 1. The van der Waals surface area contributed by atoms with Crippen LogP contribution < -0.4 is 15.4 Å². The minimum Gasteiger partial charge on any atom is -0.497 e. The van der Waals surface area contributed by atoms with Gasteiger partial charge in [-0.15, -0.1) is 0 Å². The summed E-state index contributed by atoms with van der Waals surface area (Å²) in [5.41, 5.74) is 2.73. The van der Waals surface area contributed by atoms with Gasteiger partial charge in [0.2, 0.25) is 11.7 Å². The Bertz CT molecular complexity index is 956. The number of methoxy groups -OCH3 is 2. The number of aryl methyl sites for hydroxylation is 1. The molecule has 0 unspecified atom stereocenters. The predicted octanol–water partition coefficient (Wildman–Crippen LogP) is 2.44. The smallest absolute Gasteiger partial charge is 0.290 e. The lowest BCUT2D eigenvalue weighted by Gasteiger charge is -2.06. The molecular formula is C20H23N5O4. The van der Waals surface area contributed by atoms with E-state index in [9.17, 15) is 4.79 Å².